The molecule has 2 aromatic carbocycles. The molecule has 4 rings (SSSR count). The minimum absolute atomic E-state index is 0.136. The Bertz CT molecular complexity index is 930. The number of aryl methyl sites for hydroxylation is 2. The monoisotopic (exact) mass is 462 g/mol. The predicted molar refractivity (Wildman–Crippen MR) is 141 cm³/mol. The van der Waals surface area contributed by atoms with Crippen molar-refractivity contribution in [2.45, 2.75) is 76.5 Å². The number of anilines is 1. The van der Waals surface area contributed by atoms with E-state index in [1.54, 1.807) is 0 Å². The second-order valence-electron chi connectivity index (χ2n) is 10.5. The molecule has 1 amide bonds. The Balaban J connectivity index is 1.42. The van der Waals surface area contributed by atoms with Crippen LogP contribution in [0.3, 0.4) is 0 Å². The van der Waals surface area contributed by atoms with Gasteiger partial charge in [-0.25, -0.2) is 0 Å². The van der Waals surface area contributed by atoms with Crippen LogP contribution in [0.2, 0.25) is 0 Å². The zero-order chi connectivity index (χ0) is 24.1. The van der Waals surface area contributed by atoms with Crippen LogP contribution in [0, 0.1) is 13.8 Å². The number of likely N-dealkylation sites (N-methyl/N-ethyl adjacent to an activating group) is 1. The van der Waals surface area contributed by atoms with Gasteiger partial charge in [-0.15, -0.1) is 0 Å². The van der Waals surface area contributed by atoms with Crippen molar-refractivity contribution in [3.8, 4) is 0 Å². The molecule has 2 aliphatic rings. The number of hydrogen-bond acceptors (Lipinski definition) is 4. The van der Waals surface area contributed by atoms with Gasteiger partial charge in [0.25, 0.3) is 0 Å². The maximum Gasteiger partial charge on any atom is 0.244 e. The summed E-state index contributed by atoms with van der Waals surface area (Å²) in [6.07, 6.45) is 6.81. The molecule has 0 bridgehead atoms. The largest absolute Gasteiger partial charge is 0.324 e. The van der Waals surface area contributed by atoms with Crippen LogP contribution < -0.4 is 10.6 Å². The molecule has 2 N–H and O–H groups in total. The van der Waals surface area contributed by atoms with Gasteiger partial charge in [0.05, 0.1) is 0 Å². The molecule has 0 spiro atoms. The van der Waals surface area contributed by atoms with E-state index >= 15 is 0 Å². The summed E-state index contributed by atoms with van der Waals surface area (Å²) in [5.74, 6) is 0.136. The number of carbonyl (C=O) groups excluding carboxylic acids is 1. The molecule has 184 valence electrons. The smallest absolute Gasteiger partial charge is 0.244 e. The summed E-state index contributed by atoms with van der Waals surface area (Å²) in [6, 6.07) is 18.0. The Kier molecular flexibility index (Phi) is 8.07. The van der Waals surface area contributed by atoms with Crippen molar-refractivity contribution < 1.29 is 4.79 Å². The van der Waals surface area contributed by atoms with Crippen LogP contribution >= 0.6 is 0 Å². The first-order valence-electron chi connectivity index (χ1n) is 13.0. The van der Waals surface area contributed by atoms with E-state index in [9.17, 15) is 4.79 Å². The Morgan fingerprint density at radius 1 is 0.971 bits per heavy atom. The molecule has 2 fully saturated rings. The van der Waals surface area contributed by atoms with Crippen molar-refractivity contribution in [3.05, 3.63) is 65.2 Å². The summed E-state index contributed by atoms with van der Waals surface area (Å²) in [7, 11) is 4.12. The number of amides is 1. The van der Waals surface area contributed by atoms with Crippen LogP contribution in [0.25, 0.3) is 0 Å². The number of para-hydroxylation sites is 1. The maximum absolute atomic E-state index is 13.7. The Hall–Kier alpha value is -2.21. The molecule has 1 aliphatic heterocycles. The van der Waals surface area contributed by atoms with Gasteiger partial charge in [0.15, 0.2) is 0 Å². The molecule has 2 unspecified atom stereocenters. The minimum atomic E-state index is -0.465. The Morgan fingerprint density at radius 2 is 1.62 bits per heavy atom. The first-order valence-corrected chi connectivity index (χ1v) is 13.0. The topological polar surface area (TPSA) is 47.6 Å². The highest BCUT2D eigenvalue weighted by Crippen LogP contribution is 2.34. The molecule has 5 nitrogen and oxygen atoms in total. The highest BCUT2D eigenvalue weighted by molar-refractivity contribution is 5.99. The molecular weight excluding hydrogens is 420 g/mol. The molecule has 2 atom stereocenters. The molecule has 34 heavy (non-hydrogen) atoms. The third kappa shape index (κ3) is 5.37. The van der Waals surface area contributed by atoms with Gasteiger partial charge in [0, 0.05) is 37.4 Å². The first kappa shape index (κ1) is 24.9. The van der Waals surface area contributed by atoms with E-state index < -0.39 is 5.54 Å². The van der Waals surface area contributed by atoms with Crippen LogP contribution in [0.1, 0.15) is 55.2 Å². The number of likely N-dealkylation sites (tertiary alicyclic amines) is 1. The number of nitrogens with one attached hydrogen (secondary N) is 2. The van der Waals surface area contributed by atoms with E-state index in [1.807, 2.05) is 6.07 Å². The lowest BCUT2D eigenvalue weighted by Gasteiger charge is -2.49. The average molecular weight is 463 g/mol. The average Bonchev–Trinajstić information content (AvgIpc) is 2.85. The summed E-state index contributed by atoms with van der Waals surface area (Å²) in [6.45, 7) is 6.99. The summed E-state index contributed by atoms with van der Waals surface area (Å²) < 4.78 is 0. The fraction of sp³-hybridized carbons (Fsp3) is 0.552. The standard InChI is InChI=1S/C29H42N4O/c1-22-11-10-12-23(2)27(22)31-28(34)29(32(3)4)17-19-33(20-18-29)26-16-9-8-15-25(26)30-21-24-13-6-5-7-14-24/h5-7,10-14,25-26,30H,8-9,15-21H2,1-4H3,(H,31,34). The number of hydrogen-bond donors (Lipinski definition) is 2. The Morgan fingerprint density at radius 3 is 2.26 bits per heavy atom. The number of rotatable bonds is 7. The molecule has 0 radical (unpaired) electrons. The number of piperidine rings is 1. The van der Waals surface area contributed by atoms with Gasteiger partial charge in [-0.3, -0.25) is 14.6 Å². The number of carbonyl (C=O) groups is 1. The van der Waals surface area contributed by atoms with Gasteiger partial charge >= 0.3 is 0 Å². The fourth-order valence-electron chi connectivity index (χ4n) is 5.98. The fourth-order valence-corrected chi connectivity index (χ4v) is 5.98. The van der Waals surface area contributed by atoms with Crippen molar-refractivity contribution in [2.75, 3.05) is 32.5 Å². The van der Waals surface area contributed by atoms with Gasteiger partial charge < -0.3 is 10.6 Å². The van der Waals surface area contributed by atoms with Gasteiger partial charge in [-0.2, -0.15) is 0 Å². The minimum Gasteiger partial charge on any atom is -0.324 e. The maximum atomic E-state index is 13.7. The highest BCUT2D eigenvalue weighted by Gasteiger charge is 2.45. The Labute approximate surface area is 205 Å². The molecular formula is C29H42N4O. The van der Waals surface area contributed by atoms with Crippen LogP contribution in [0.15, 0.2) is 48.5 Å². The SMILES string of the molecule is Cc1cccc(C)c1NC(=O)C1(N(C)C)CCN(C2CCCCC2NCc2ccccc2)CC1. The molecule has 1 aliphatic carbocycles. The van der Waals surface area contributed by atoms with Crippen molar-refractivity contribution in [1.82, 2.24) is 15.1 Å². The molecule has 1 saturated heterocycles. The molecule has 1 saturated carbocycles. The third-order valence-electron chi connectivity index (χ3n) is 8.23. The molecule has 0 aromatic heterocycles. The lowest BCUT2D eigenvalue weighted by molar-refractivity contribution is -0.130. The summed E-state index contributed by atoms with van der Waals surface area (Å²) >= 11 is 0. The van der Waals surface area contributed by atoms with E-state index in [2.05, 4.69) is 90.8 Å². The van der Waals surface area contributed by atoms with Crippen LogP contribution in [0.5, 0.6) is 0 Å². The van der Waals surface area contributed by atoms with Crippen molar-refractivity contribution in [2.24, 2.45) is 0 Å². The molecule has 2 aromatic rings. The zero-order valence-corrected chi connectivity index (χ0v) is 21.4. The van der Waals surface area contributed by atoms with E-state index in [0.717, 1.165) is 49.3 Å². The van der Waals surface area contributed by atoms with Crippen molar-refractivity contribution in [3.63, 3.8) is 0 Å². The van der Waals surface area contributed by atoms with Gasteiger partial charge in [0.1, 0.15) is 5.54 Å². The van der Waals surface area contributed by atoms with Gasteiger partial charge in [-0.05, 0) is 70.3 Å². The third-order valence-corrected chi connectivity index (χ3v) is 8.23. The van der Waals surface area contributed by atoms with E-state index in [0.29, 0.717) is 12.1 Å². The van der Waals surface area contributed by atoms with Gasteiger partial charge in [-0.1, -0.05) is 61.4 Å². The first-order chi connectivity index (χ1) is 16.4. The van der Waals surface area contributed by atoms with Crippen LogP contribution in [-0.4, -0.2) is 60.5 Å². The zero-order valence-electron chi connectivity index (χ0n) is 21.4. The lowest BCUT2D eigenvalue weighted by Crippen LogP contribution is -2.62. The summed E-state index contributed by atoms with van der Waals surface area (Å²) in [4.78, 5) is 18.5. The summed E-state index contributed by atoms with van der Waals surface area (Å²) in [5.41, 5.74) is 4.09. The van der Waals surface area contributed by atoms with E-state index in [1.165, 1.54) is 31.2 Å². The van der Waals surface area contributed by atoms with E-state index in [4.69, 9.17) is 0 Å². The van der Waals surface area contributed by atoms with Crippen molar-refractivity contribution >= 4 is 11.6 Å². The van der Waals surface area contributed by atoms with Crippen LogP contribution in [-0.2, 0) is 11.3 Å². The second-order valence-corrected chi connectivity index (χ2v) is 10.5. The molecule has 5 heteroatoms. The highest BCUT2D eigenvalue weighted by atomic mass is 16.2. The number of benzene rings is 2. The van der Waals surface area contributed by atoms with Crippen LogP contribution in [0.4, 0.5) is 5.69 Å². The lowest BCUT2D eigenvalue weighted by atomic mass is 9.82. The number of nitrogens with zero attached hydrogens (tertiary/aromatic N) is 2. The summed E-state index contributed by atoms with van der Waals surface area (Å²) in [5, 5.41) is 7.17. The second kappa shape index (κ2) is 11.0. The quantitative estimate of drug-likeness (QED) is 0.624. The van der Waals surface area contributed by atoms with Gasteiger partial charge in [0.2, 0.25) is 5.91 Å². The normalized spacial score (nSPS) is 23.1. The predicted octanol–water partition coefficient (Wildman–Crippen LogP) is 4.74. The van der Waals surface area contributed by atoms with Crippen molar-refractivity contribution in [1.29, 1.82) is 0 Å². The van der Waals surface area contributed by atoms with E-state index in [-0.39, 0.29) is 5.91 Å². The molecule has 1 heterocycles.